The van der Waals surface area contributed by atoms with Crippen molar-refractivity contribution >= 4 is 11.3 Å². The van der Waals surface area contributed by atoms with Gasteiger partial charge in [0, 0.05) is 0 Å². The number of allylic oxidation sites excluding steroid dienone is 1. The first-order chi connectivity index (χ1) is 10.4. The largest absolute Gasteiger partial charge is 0.416 e. The normalized spacial score (nSPS) is 30.2. The summed E-state index contributed by atoms with van der Waals surface area (Å²) in [5, 5.41) is 6.40. The summed E-state index contributed by atoms with van der Waals surface area (Å²) in [6.45, 7) is 3.36. The fourth-order valence-corrected chi connectivity index (χ4v) is 3.87. The zero-order chi connectivity index (χ0) is 15.5. The number of alkyl halides is 3. The van der Waals surface area contributed by atoms with Gasteiger partial charge >= 0.3 is 6.18 Å². The van der Waals surface area contributed by atoms with E-state index in [1.807, 2.05) is 11.9 Å². The van der Waals surface area contributed by atoms with Crippen LogP contribution in [0.1, 0.15) is 18.1 Å². The van der Waals surface area contributed by atoms with Gasteiger partial charge in [-0.3, -0.25) is 5.01 Å². The van der Waals surface area contributed by atoms with Gasteiger partial charge in [0.1, 0.15) is 0 Å². The van der Waals surface area contributed by atoms with Crippen LogP contribution >= 0.6 is 0 Å². The number of hydrazone groups is 1. The monoisotopic (exact) mass is 308 g/mol. The second-order valence-electron chi connectivity index (χ2n) is 5.91. The van der Waals surface area contributed by atoms with Gasteiger partial charge in [-0.1, -0.05) is 30.3 Å². The lowest BCUT2D eigenvalue weighted by Gasteiger charge is -2.38. The molecule has 6 heteroatoms. The van der Waals surface area contributed by atoms with Crippen LogP contribution in [-0.2, 0) is 10.2 Å². The van der Waals surface area contributed by atoms with E-state index in [-0.39, 0.29) is 11.6 Å². The number of halogens is 3. The molecule has 2 atom stereocenters. The van der Waals surface area contributed by atoms with Crippen LogP contribution in [0, 0.1) is 0 Å². The Morgan fingerprint density at radius 3 is 2.86 bits per heavy atom. The van der Waals surface area contributed by atoms with E-state index in [4.69, 9.17) is 4.74 Å². The highest BCUT2D eigenvalue weighted by molar-refractivity contribution is 6.03. The first-order valence-electron chi connectivity index (χ1n) is 7.24. The van der Waals surface area contributed by atoms with Crippen LogP contribution in [-0.4, -0.2) is 42.7 Å². The average molecular weight is 308 g/mol. The van der Waals surface area contributed by atoms with Gasteiger partial charge in [-0.05, 0) is 18.1 Å². The quantitative estimate of drug-likeness (QED) is 0.736. The van der Waals surface area contributed by atoms with Gasteiger partial charge < -0.3 is 4.74 Å². The summed E-state index contributed by atoms with van der Waals surface area (Å²) in [4.78, 5) is 0. The lowest BCUT2D eigenvalue weighted by atomic mass is 9.73. The Morgan fingerprint density at radius 1 is 1.32 bits per heavy atom. The average Bonchev–Trinajstić information content (AvgIpc) is 2.98. The minimum absolute atomic E-state index is 0.206. The molecule has 3 aliphatic rings. The van der Waals surface area contributed by atoms with Crippen LogP contribution in [0.4, 0.5) is 13.2 Å². The van der Waals surface area contributed by atoms with Crippen LogP contribution in [0.5, 0.6) is 0 Å². The summed E-state index contributed by atoms with van der Waals surface area (Å²) in [6.07, 6.45) is -3.02. The van der Waals surface area contributed by atoms with Crippen molar-refractivity contribution in [2.75, 3.05) is 19.8 Å². The number of ether oxygens (including phenoxy) is 1. The van der Waals surface area contributed by atoms with Crippen molar-refractivity contribution < 1.29 is 17.9 Å². The zero-order valence-electron chi connectivity index (χ0n) is 12.0. The third-order valence-electron chi connectivity index (χ3n) is 4.84. The molecular weight excluding hydrogens is 293 g/mol. The molecule has 0 unspecified atom stereocenters. The van der Waals surface area contributed by atoms with E-state index in [2.05, 4.69) is 5.10 Å². The number of benzene rings is 1. The summed E-state index contributed by atoms with van der Waals surface area (Å²) in [5.41, 5.74) is 0.250. The first kappa shape index (κ1) is 13.8. The van der Waals surface area contributed by atoms with E-state index < -0.39 is 17.2 Å². The third-order valence-corrected chi connectivity index (χ3v) is 4.84. The van der Waals surface area contributed by atoms with Gasteiger partial charge in [-0.25, -0.2) is 0 Å². The molecule has 1 aromatic rings. The van der Waals surface area contributed by atoms with Gasteiger partial charge in [-0.2, -0.15) is 18.3 Å². The highest BCUT2D eigenvalue weighted by Gasteiger charge is 2.56. The summed E-state index contributed by atoms with van der Waals surface area (Å²) in [5.74, 6) is 0. The minimum atomic E-state index is -4.37. The highest BCUT2D eigenvalue weighted by atomic mass is 19.4. The minimum Gasteiger partial charge on any atom is -0.377 e. The molecule has 116 valence electrons. The maximum Gasteiger partial charge on any atom is 0.416 e. The highest BCUT2D eigenvalue weighted by Crippen LogP contribution is 2.52. The Labute approximate surface area is 126 Å². The van der Waals surface area contributed by atoms with E-state index in [1.165, 1.54) is 6.08 Å². The van der Waals surface area contributed by atoms with Crippen molar-refractivity contribution in [3.63, 3.8) is 0 Å². The van der Waals surface area contributed by atoms with E-state index in [1.54, 1.807) is 24.3 Å². The molecule has 0 saturated carbocycles. The second kappa shape index (κ2) is 4.35. The number of hydrogen-bond donors (Lipinski definition) is 0. The molecule has 1 fully saturated rings. The fourth-order valence-electron chi connectivity index (χ4n) is 3.87. The standard InChI is InChI=1S/C16H15F3N2O/c1-10-15(14-9-22-7-6-21(14)20-10)8-13(16(17,18)19)11-4-2-3-5-12(11)15/h2-5,8,14H,6-7,9H2,1H3/t14-,15+/m0/s1. The van der Waals surface area contributed by atoms with E-state index >= 15 is 0 Å². The molecule has 0 amide bonds. The Kier molecular flexibility index (Phi) is 2.73. The summed E-state index contributed by atoms with van der Waals surface area (Å²) < 4.78 is 46.0. The van der Waals surface area contributed by atoms with Gasteiger partial charge in [0.15, 0.2) is 0 Å². The SMILES string of the molecule is CC1=NN2CCOC[C@H]2[C@]12C=C(C(F)(F)F)c1ccccc12. The summed E-state index contributed by atoms with van der Waals surface area (Å²) in [6, 6.07) is 6.55. The van der Waals surface area contributed by atoms with Gasteiger partial charge in [-0.15, -0.1) is 0 Å². The molecule has 1 aliphatic carbocycles. The molecule has 0 radical (unpaired) electrons. The molecule has 22 heavy (non-hydrogen) atoms. The van der Waals surface area contributed by atoms with Crippen LogP contribution in [0.15, 0.2) is 35.4 Å². The first-order valence-corrected chi connectivity index (χ1v) is 7.24. The molecule has 2 heterocycles. The smallest absolute Gasteiger partial charge is 0.377 e. The number of fused-ring (bicyclic) bond motifs is 4. The molecule has 2 aliphatic heterocycles. The second-order valence-corrected chi connectivity index (χ2v) is 5.91. The van der Waals surface area contributed by atoms with Crippen molar-refractivity contribution in [3.05, 3.63) is 41.5 Å². The lowest BCUT2D eigenvalue weighted by molar-refractivity contribution is -0.0689. The summed E-state index contributed by atoms with van der Waals surface area (Å²) in [7, 11) is 0. The number of nitrogens with zero attached hydrogens (tertiary/aromatic N) is 2. The molecule has 3 nitrogen and oxygen atoms in total. The van der Waals surface area contributed by atoms with Crippen LogP contribution in [0.3, 0.4) is 0 Å². The number of morpholine rings is 1. The van der Waals surface area contributed by atoms with E-state index in [9.17, 15) is 13.2 Å². The van der Waals surface area contributed by atoms with E-state index in [0.717, 1.165) is 0 Å². The predicted molar refractivity (Wildman–Crippen MR) is 76.6 cm³/mol. The molecule has 4 rings (SSSR count). The maximum atomic E-state index is 13.5. The maximum absolute atomic E-state index is 13.5. The Balaban J connectivity index is 1.95. The molecule has 0 bridgehead atoms. The van der Waals surface area contributed by atoms with Gasteiger partial charge in [0.25, 0.3) is 0 Å². The molecular formula is C16H15F3N2O. The van der Waals surface area contributed by atoms with Crippen molar-refractivity contribution in [2.24, 2.45) is 5.10 Å². The number of hydrogen-bond acceptors (Lipinski definition) is 3. The molecule has 1 spiro atoms. The predicted octanol–water partition coefficient (Wildman–Crippen LogP) is 2.97. The Bertz CT molecular complexity index is 695. The fraction of sp³-hybridized carbons (Fsp3) is 0.438. The Morgan fingerprint density at radius 2 is 2.09 bits per heavy atom. The molecule has 1 aromatic carbocycles. The van der Waals surface area contributed by atoms with Crippen molar-refractivity contribution in [1.82, 2.24) is 5.01 Å². The lowest BCUT2D eigenvalue weighted by Crippen LogP contribution is -2.51. The van der Waals surface area contributed by atoms with Gasteiger partial charge in [0.05, 0.1) is 42.5 Å². The molecule has 1 saturated heterocycles. The van der Waals surface area contributed by atoms with Crippen molar-refractivity contribution in [3.8, 4) is 0 Å². The van der Waals surface area contributed by atoms with Crippen LogP contribution in [0.25, 0.3) is 5.57 Å². The van der Waals surface area contributed by atoms with Gasteiger partial charge in [0.2, 0.25) is 0 Å². The van der Waals surface area contributed by atoms with Crippen LogP contribution < -0.4 is 0 Å². The third kappa shape index (κ3) is 1.64. The zero-order valence-corrected chi connectivity index (χ0v) is 12.0. The summed E-state index contributed by atoms with van der Waals surface area (Å²) >= 11 is 0. The molecule has 0 N–H and O–H groups in total. The topological polar surface area (TPSA) is 24.8 Å². The van der Waals surface area contributed by atoms with Crippen LogP contribution in [0.2, 0.25) is 0 Å². The molecule has 0 aromatic heterocycles. The van der Waals surface area contributed by atoms with Crippen molar-refractivity contribution in [2.45, 2.75) is 24.6 Å². The van der Waals surface area contributed by atoms with Crippen molar-refractivity contribution in [1.29, 1.82) is 0 Å². The van der Waals surface area contributed by atoms with E-state index in [0.29, 0.717) is 31.0 Å². The number of rotatable bonds is 0. The Hall–Kier alpha value is -1.82.